The first-order valence-electron chi connectivity index (χ1n) is 10.7. The highest BCUT2D eigenvalue weighted by Crippen LogP contribution is 2.49. The van der Waals surface area contributed by atoms with Gasteiger partial charge < -0.3 is 4.74 Å². The fraction of sp³-hybridized carbons (Fsp3) is 0.0370. The summed E-state index contributed by atoms with van der Waals surface area (Å²) in [5, 5.41) is -4.12. The standard InChI is InChI=1S/C27H9F11O/c1-39-8-6-11(28)15(12(29)7-8)13-9-4-2-3-5-10(9)14(17-16(13)19(30)23(34)24(35)20(17)31)18-21(32)25(36)27(38)26(37)22(18)33/h2-7H,1H3. The Hall–Kier alpha value is -4.35. The Morgan fingerprint density at radius 1 is 0.436 bits per heavy atom. The van der Waals surface area contributed by atoms with E-state index in [0.29, 0.717) is 12.1 Å². The summed E-state index contributed by atoms with van der Waals surface area (Å²) in [6, 6.07) is 5.47. The zero-order valence-electron chi connectivity index (χ0n) is 19.0. The Balaban J connectivity index is 2.17. The molecule has 5 aromatic rings. The fourth-order valence-electron chi connectivity index (χ4n) is 4.54. The summed E-state index contributed by atoms with van der Waals surface area (Å²) in [4.78, 5) is 0. The van der Waals surface area contributed by atoms with Gasteiger partial charge in [0.05, 0.1) is 18.2 Å². The number of methoxy groups -OCH3 is 1. The molecule has 0 aromatic heterocycles. The lowest BCUT2D eigenvalue weighted by atomic mass is 9.84. The van der Waals surface area contributed by atoms with Gasteiger partial charge in [-0.05, 0) is 10.8 Å². The van der Waals surface area contributed by atoms with Crippen molar-refractivity contribution in [1.82, 2.24) is 0 Å². The third kappa shape index (κ3) is 3.61. The van der Waals surface area contributed by atoms with Gasteiger partial charge in [0, 0.05) is 34.0 Å². The SMILES string of the molecule is COc1cc(F)c(-c2c3ccccc3c(-c3c(F)c(F)c(F)c(F)c3F)c3c(F)c(F)c(F)c(F)c23)c(F)c1. The zero-order valence-corrected chi connectivity index (χ0v) is 19.0. The quantitative estimate of drug-likeness (QED) is 0.0931. The van der Waals surface area contributed by atoms with Gasteiger partial charge in [-0.15, -0.1) is 0 Å². The van der Waals surface area contributed by atoms with Crippen molar-refractivity contribution >= 4 is 21.5 Å². The molecule has 0 heterocycles. The molecular formula is C27H9F11O. The summed E-state index contributed by atoms with van der Waals surface area (Å²) in [5.74, 6) is -25.3. The molecule has 0 spiro atoms. The summed E-state index contributed by atoms with van der Waals surface area (Å²) in [7, 11) is 1.06. The van der Waals surface area contributed by atoms with Crippen LogP contribution in [0.3, 0.4) is 0 Å². The third-order valence-electron chi connectivity index (χ3n) is 6.19. The molecular weight excluding hydrogens is 549 g/mol. The normalized spacial score (nSPS) is 11.6. The first-order chi connectivity index (χ1) is 18.4. The summed E-state index contributed by atoms with van der Waals surface area (Å²) in [6.45, 7) is 0. The number of halogens is 11. The van der Waals surface area contributed by atoms with Crippen LogP contribution in [-0.2, 0) is 0 Å². The third-order valence-corrected chi connectivity index (χ3v) is 6.19. The van der Waals surface area contributed by atoms with E-state index in [1.807, 2.05) is 0 Å². The molecule has 0 aliphatic heterocycles. The molecule has 12 heteroatoms. The van der Waals surface area contributed by atoms with Gasteiger partial charge in [0.15, 0.2) is 46.5 Å². The maximum absolute atomic E-state index is 15.4. The van der Waals surface area contributed by atoms with Crippen molar-refractivity contribution in [2.75, 3.05) is 7.11 Å². The van der Waals surface area contributed by atoms with E-state index in [1.165, 1.54) is 6.07 Å². The van der Waals surface area contributed by atoms with Crippen molar-refractivity contribution in [3.8, 4) is 28.0 Å². The fourth-order valence-corrected chi connectivity index (χ4v) is 4.54. The molecule has 39 heavy (non-hydrogen) atoms. The molecule has 0 aliphatic rings. The van der Waals surface area contributed by atoms with Crippen LogP contribution >= 0.6 is 0 Å². The first-order valence-corrected chi connectivity index (χ1v) is 10.7. The minimum Gasteiger partial charge on any atom is -0.497 e. The molecule has 0 radical (unpaired) electrons. The van der Waals surface area contributed by atoms with Crippen LogP contribution in [0.25, 0.3) is 43.8 Å². The monoisotopic (exact) mass is 558 g/mol. The predicted molar refractivity (Wildman–Crippen MR) is 118 cm³/mol. The van der Waals surface area contributed by atoms with Crippen molar-refractivity contribution in [1.29, 1.82) is 0 Å². The summed E-state index contributed by atoms with van der Waals surface area (Å²) in [5.41, 5.74) is -5.12. The van der Waals surface area contributed by atoms with Crippen LogP contribution in [-0.4, -0.2) is 7.11 Å². The van der Waals surface area contributed by atoms with Crippen molar-refractivity contribution in [3.05, 3.63) is 100 Å². The van der Waals surface area contributed by atoms with E-state index in [-0.39, 0.29) is 5.75 Å². The highest BCUT2D eigenvalue weighted by atomic mass is 19.2. The number of rotatable bonds is 3. The largest absolute Gasteiger partial charge is 0.497 e. The van der Waals surface area contributed by atoms with Gasteiger partial charge in [-0.2, -0.15) is 0 Å². The van der Waals surface area contributed by atoms with E-state index >= 15 is 17.6 Å². The average molecular weight is 558 g/mol. The van der Waals surface area contributed by atoms with Gasteiger partial charge in [0.1, 0.15) is 17.4 Å². The van der Waals surface area contributed by atoms with Gasteiger partial charge >= 0.3 is 0 Å². The van der Waals surface area contributed by atoms with E-state index in [1.54, 1.807) is 0 Å². The molecule has 0 bridgehead atoms. The number of hydrogen-bond donors (Lipinski definition) is 0. The van der Waals surface area contributed by atoms with Crippen LogP contribution in [0.4, 0.5) is 48.3 Å². The molecule has 0 fully saturated rings. The molecule has 0 aliphatic carbocycles. The van der Waals surface area contributed by atoms with Crippen LogP contribution in [0, 0.1) is 64.0 Å². The van der Waals surface area contributed by atoms with Gasteiger partial charge in [0.25, 0.3) is 0 Å². The Morgan fingerprint density at radius 3 is 1.21 bits per heavy atom. The lowest BCUT2D eigenvalue weighted by Gasteiger charge is -2.21. The van der Waals surface area contributed by atoms with E-state index in [4.69, 9.17) is 4.74 Å². The lowest BCUT2D eigenvalue weighted by Crippen LogP contribution is -2.08. The van der Waals surface area contributed by atoms with E-state index in [0.717, 1.165) is 25.3 Å². The number of hydrogen-bond acceptors (Lipinski definition) is 1. The topological polar surface area (TPSA) is 9.23 Å². The van der Waals surface area contributed by atoms with Crippen LogP contribution in [0.2, 0.25) is 0 Å². The maximum Gasteiger partial charge on any atom is 0.200 e. The summed E-state index contributed by atoms with van der Waals surface area (Å²) < 4.78 is 167. The van der Waals surface area contributed by atoms with Gasteiger partial charge in [0.2, 0.25) is 5.82 Å². The van der Waals surface area contributed by atoms with Crippen molar-refractivity contribution in [2.45, 2.75) is 0 Å². The average Bonchev–Trinajstić information content (AvgIpc) is 2.92. The number of fused-ring (bicyclic) bond motifs is 2. The first kappa shape index (κ1) is 26.3. The van der Waals surface area contributed by atoms with Crippen LogP contribution < -0.4 is 4.74 Å². The van der Waals surface area contributed by atoms with E-state index < -0.39 is 108 Å². The highest BCUT2D eigenvalue weighted by molar-refractivity contribution is 6.22. The molecule has 0 N–H and O–H groups in total. The van der Waals surface area contributed by atoms with Gasteiger partial charge in [-0.25, -0.2) is 48.3 Å². The molecule has 0 amide bonds. The van der Waals surface area contributed by atoms with Gasteiger partial charge in [-0.1, -0.05) is 24.3 Å². The lowest BCUT2D eigenvalue weighted by molar-refractivity contribution is 0.381. The van der Waals surface area contributed by atoms with E-state index in [2.05, 4.69) is 0 Å². The minimum absolute atomic E-state index is 0.357. The molecule has 1 nitrogen and oxygen atoms in total. The second-order valence-electron chi connectivity index (χ2n) is 8.21. The number of benzene rings is 5. The Bertz CT molecular complexity index is 1810. The van der Waals surface area contributed by atoms with Gasteiger partial charge in [-0.3, -0.25) is 0 Å². The summed E-state index contributed by atoms with van der Waals surface area (Å²) >= 11 is 0. The Labute approximate surface area is 210 Å². The van der Waals surface area contributed by atoms with Crippen molar-refractivity contribution < 1.29 is 53.0 Å². The van der Waals surface area contributed by atoms with E-state index in [9.17, 15) is 30.7 Å². The minimum atomic E-state index is -2.58. The van der Waals surface area contributed by atoms with Crippen LogP contribution in [0.15, 0.2) is 36.4 Å². The highest BCUT2D eigenvalue weighted by Gasteiger charge is 2.34. The second kappa shape index (κ2) is 9.14. The summed E-state index contributed by atoms with van der Waals surface area (Å²) in [6.07, 6.45) is 0. The van der Waals surface area contributed by atoms with Crippen LogP contribution in [0.5, 0.6) is 5.75 Å². The maximum atomic E-state index is 15.4. The molecule has 200 valence electrons. The molecule has 5 rings (SSSR count). The number of ether oxygens (including phenoxy) is 1. The van der Waals surface area contributed by atoms with Crippen molar-refractivity contribution in [3.63, 3.8) is 0 Å². The van der Waals surface area contributed by atoms with Crippen LogP contribution in [0.1, 0.15) is 0 Å². The smallest absolute Gasteiger partial charge is 0.200 e. The molecule has 5 aromatic carbocycles. The molecule has 0 unspecified atom stereocenters. The Kier molecular flexibility index (Phi) is 6.15. The molecule has 0 saturated carbocycles. The Morgan fingerprint density at radius 2 is 0.795 bits per heavy atom. The van der Waals surface area contributed by atoms with Crippen molar-refractivity contribution in [2.24, 2.45) is 0 Å². The zero-order chi connectivity index (χ0) is 28.5. The molecule has 0 saturated heterocycles. The predicted octanol–water partition coefficient (Wildman–Crippen LogP) is 8.87. The second-order valence-corrected chi connectivity index (χ2v) is 8.21. The molecule has 0 atom stereocenters.